The fraction of sp³-hybridized carbons (Fsp3) is 0.750. The molecular weight excluding hydrogens is 118 g/mol. The summed E-state index contributed by atoms with van der Waals surface area (Å²) in [6.07, 6.45) is 1.11. The number of hydrogen-bond acceptors (Lipinski definition) is 4. The van der Waals surface area contributed by atoms with Crippen LogP contribution in [0.1, 0.15) is 6.42 Å². The van der Waals surface area contributed by atoms with Crippen LogP contribution < -0.4 is 5.32 Å². The Bertz CT molecular complexity index is 184. The standard InChI is InChI=1S/C4H7N5/c1-2-5-4-6-7-8-9(4)3-1/h1-3H2,(H,5,6,8). The van der Waals surface area contributed by atoms with Crippen molar-refractivity contribution in [3.8, 4) is 0 Å². The first-order chi connectivity index (χ1) is 4.47. The highest BCUT2D eigenvalue weighted by Gasteiger charge is 2.08. The van der Waals surface area contributed by atoms with Gasteiger partial charge in [-0.25, -0.2) is 4.68 Å². The summed E-state index contributed by atoms with van der Waals surface area (Å²) >= 11 is 0. The molecule has 0 amide bonds. The van der Waals surface area contributed by atoms with Crippen LogP contribution in [-0.4, -0.2) is 26.8 Å². The molecule has 0 radical (unpaired) electrons. The molecule has 5 heteroatoms. The molecule has 2 heterocycles. The molecule has 5 nitrogen and oxygen atoms in total. The number of aryl methyl sites for hydroxylation is 1. The predicted molar refractivity (Wildman–Crippen MR) is 30.9 cm³/mol. The molecule has 0 atom stereocenters. The van der Waals surface area contributed by atoms with Crippen molar-refractivity contribution in [3.63, 3.8) is 0 Å². The first kappa shape index (κ1) is 4.72. The number of nitrogens with one attached hydrogen (secondary N) is 1. The number of fused-ring (bicyclic) bond motifs is 1. The van der Waals surface area contributed by atoms with Crippen LogP contribution in [0.2, 0.25) is 0 Å². The van der Waals surface area contributed by atoms with Gasteiger partial charge in [0.2, 0.25) is 5.95 Å². The number of tetrazole rings is 1. The quantitative estimate of drug-likeness (QED) is 0.507. The maximum Gasteiger partial charge on any atom is 0.242 e. The molecule has 0 spiro atoms. The first-order valence-corrected chi connectivity index (χ1v) is 2.97. The smallest absolute Gasteiger partial charge is 0.242 e. The van der Waals surface area contributed by atoms with Crippen molar-refractivity contribution in [3.05, 3.63) is 0 Å². The van der Waals surface area contributed by atoms with E-state index in [1.807, 2.05) is 0 Å². The van der Waals surface area contributed by atoms with Gasteiger partial charge in [-0.15, -0.1) is 0 Å². The monoisotopic (exact) mass is 125 g/mol. The fourth-order valence-corrected chi connectivity index (χ4v) is 0.911. The number of anilines is 1. The molecule has 48 valence electrons. The molecule has 1 aromatic heterocycles. The Morgan fingerprint density at radius 2 is 2.56 bits per heavy atom. The van der Waals surface area contributed by atoms with Gasteiger partial charge in [0.1, 0.15) is 0 Å². The fourth-order valence-electron chi connectivity index (χ4n) is 0.911. The summed E-state index contributed by atoms with van der Waals surface area (Å²) in [5, 5.41) is 14.1. The lowest BCUT2D eigenvalue weighted by molar-refractivity contribution is 0.549. The van der Waals surface area contributed by atoms with Gasteiger partial charge in [0, 0.05) is 13.1 Å². The van der Waals surface area contributed by atoms with Crippen molar-refractivity contribution in [1.82, 2.24) is 20.2 Å². The van der Waals surface area contributed by atoms with E-state index in [-0.39, 0.29) is 0 Å². The van der Waals surface area contributed by atoms with Crippen molar-refractivity contribution in [2.45, 2.75) is 13.0 Å². The highest BCUT2D eigenvalue weighted by atomic mass is 15.6. The van der Waals surface area contributed by atoms with Crippen molar-refractivity contribution < 1.29 is 0 Å². The number of nitrogens with zero attached hydrogens (tertiary/aromatic N) is 4. The van der Waals surface area contributed by atoms with Gasteiger partial charge < -0.3 is 5.32 Å². The number of hydrogen-bond donors (Lipinski definition) is 1. The number of rotatable bonds is 0. The SMILES string of the molecule is C1CNc2nnnn2C1. The Balaban J connectivity index is 2.39. The van der Waals surface area contributed by atoms with Crippen molar-refractivity contribution in [2.24, 2.45) is 0 Å². The maximum absolute atomic E-state index is 3.75. The zero-order valence-electron chi connectivity index (χ0n) is 4.91. The second kappa shape index (κ2) is 1.68. The molecule has 0 bridgehead atoms. The second-order valence-electron chi connectivity index (χ2n) is 2.01. The van der Waals surface area contributed by atoms with Crippen molar-refractivity contribution >= 4 is 5.95 Å². The summed E-state index contributed by atoms with van der Waals surface area (Å²) in [5.41, 5.74) is 0. The van der Waals surface area contributed by atoms with Crippen LogP contribution >= 0.6 is 0 Å². The van der Waals surface area contributed by atoms with Gasteiger partial charge in [-0.05, 0) is 16.8 Å². The molecular formula is C4H7N5. The second-order valence-corrected chi connectivity index (χ2v) is 2.01. The first-order valence-electron chi connectivity index (χ1n) is 2.97. The van der Waals surface area contributed by atoms with Crippen molar-refractivity contribution in [2.75, 3.05) is 11.9 Å². The molecule has 1 aliphatic rings. The van der Waals surface area contributed by atoms with Crippen LogP contribution in [0.4, 0.5) is 5.95 Å². The highest BCUT2D eigenvalue weighted by Crippen LogP contribution is 2.05. The van der Waals surface area contributed by atoms with E-state index < -0.39 is 0 Å². The van der Waals surface area contributed by atoms with Crippen molar-refractivity contribution in [1.29, 1.82) is 0 Å². The molecule has 0 fully saturated rings. The summed E-state index contributed by atoms with van der Waals surface area (Å²) in [4.78, 5) is 0. The van der Waals surface area contributed by atoms with E-state index in [9.17, 15) is 0 Å². The van der Waals surface area contributed by atoms with Gasteiger partial charge in [-0.3, -0.25) is 0 Å². The summed E-state index contributed by atoms with van der Waals surface area (Å²) in [6.45, 7) is 1.93. The molecule has 1 N–H and O–H groups in total. The van der Waals surface area contributed by atoms with E-state index in [2.05, 4.69) is 20.8 Å². The van der Waals surface area contributed by atoms with E-state index in [0.29, 0.717) is 0 Å². The average molecular weight is 125 g/mol. The lowest BCUT2D eigenvalue weighted by Crippen LogP contribution is -2.17. The van der Waals surface area contributed by atoms with Gasteiger partial charge >= 0.3 is 0 Å². The zero-order chi connectivity index (χ0) is 6.10. The van der Waals surface area contributed by atoms with Crippen LogP contribution in [0.3, 0.4) is 0 Å². The molecule has 2 rings (SSSR count). The Morgan fingerprint density at radius 1 is 1.56 bits per heavy atom. The molecule has 0 saturated heterocycles. The normalized spacial score (nSPS) is 16.4. The Kier molecular flexibility index (Phi) is 0.881. The maximum atomic E-state index is 3.75. The van der Waals surface area contributed by atoms with Crippen LogP contribution in [-0.2, 0) is 6.54 Å². The van der Waals surface area contributed by atoms with Gasteiger partial charge in [-0.1, -0.05) is 5.10 Å². The highest BCUT2D eigenvalue weighted by molar-refractivity contribution is 5.22. The van der Waals surface area contributed by atoms with Crippen LogP contribution in [0, 0.1) is 0 Å². The molecule has 0 aromatic carbocycles. The summed E-state index contributed by atoms with van der Waals surface area (Å²) in [5.74, 6) is 0.793. The van der Waals surface area contributed by atoms with Gasteiger partial charge in [0.05, 0.1) is 0 Å². The van der Waals surface area contributed by atoms with E-state index in [4.69, 9.17) is 0 Å². The topological polar surface area (TPSA) is 55.6 Å². The summed E-state index contributed by atoms with van der Waals surface area (Å²) < 4.78 is 1.77. The summed E-state index contributed by atoms with van der Waals surface area (Å²) in [6, 6.07) is 0. The van der Waals surface area contributed by atoms with Crippen LogP contribution in [0.5, 0.6) is 0 Å². The molecule has 1 aromatic rings. The predicted octanol–water partition coefficient (Wildman–Crippen LogP) is -0.511. The minimum Gasteiger partial charge on any atom is -0.353 e. The van der Waals surface area contributed by atoms with Gasteiger partial charge in [-0.2, -0.15) is 0 Å². The Morgan fingerprint density at radius 3 is 3.44 bits per heavy atom. The minimum atomic E-state index is 0.793. The lowest BCUT2D eigenvalue weighted by Gasteiger charge is -2.11. The van der Waals surface area contributed by atoms with E-state index in [1.54, 1.807) is 4.68 Å². The third kappa shape index (κ3) is 0.647. The van der Waals surface area contributed by atoms with Crippen LogP contribution in [0.15, 0.2) is 0 Å². The summed E-state index contributed by atoms with van der Waals surface area (Å²) in [7, 11) is 0. The molecule has 1 aliphatic heterocycles. The van der Waals surface area contributed by atoms with Gasteiger partial charge in [0.15, 0.2) is 0 Å². The van der Waals surface area contributed by atoms with Crippen LogP contribution in [0.25, 0.3) is 0 Å². The average Bonchev–Trinajstić information content (AvgIpc) is 2.33. The molecule has 0 saturated carbocycles. The zero-order valence-corrected chi connectivity index (χ0v) is 4.91. The Hall–Kier alpha value is -1.13. The Labute approximate surface area is 52.1 Å². The number of aromatic nitrogens is 4. The van der Waals surface area contributed by atoms with Gasteiger partial charge in [0.25, 0.3) is 0 Å². The molecule has 0 aliphatic carbocycles. The van der Waals surface area contributed by atoms with E-state index in [1.165, 1.54) is 0 Å². The third-order valence-electron chi connectivity index (χ3n) is 1.36. The lowest BCUT2D eigenvalue weighted by atomic mass is 10.4. The largest absolute Gasteiger partial charge is 0.353 e. The minimum absolute atomic E-state index is 0.793. The van der Waals surface area contributed by atoms with E-state index >= 15 is 0 Å². The third-order valence-corrected chi connectivity index (χ3v) is 1.36. The molecule has 9 heavy (non-hydrogen) atoms. The van der Waals surface area contributed by atoms with E-state index in [0.717, 1.165) is 25.5 Å². The molecule has 0 unspecified atom stereocenters.